The van der Waals surface area contributed by atoms with Crippen molar-refractivity contribution in [2.75, 3.05) is 11.4 Å². The Morgan fingerprint density at radius 3 is 2.94 bits per heavy atom. The van der Waals surface area contributed by atoms with Gasteiger partial charge in [0.05, 0.1) is 6.42 Å². The first-order chi connectivity index (χ1) is 7.72. The molecule has 0 radical (unpaired) electrons. The maximum atomic E-state index is 10.8. The van der Waals surface area contributed by atoms with Crippen LogP contribution in [0.2, 0.25) is 0 Å². The number of rotatable bonds is 4. The molecule has 0 bridgehead atoms. The molecule has 0 aromatic heterocycles. The van der Waals surface area contributed by atoms with Crippen LogP contribution in [0.1, 0.15) is 25.3 Å². The van der Waals surface area contributed by atoms with Crippen molar-refractivity contribution in [1.29, 1.82) is 0 Å². The van der Waals surface area contributed by atoms with Crippen molar-refractivity contribution < 1.29 is 9.90 Å². The van der Waals surface area contributed by atoms with E-state index < -0.39 is 5.97 Å². The van der Waals surface area contributed by atoms with Crippen molar-refractivity contribution in [3.8, 4) is 0 Å². The first-order valence-corrected chi connectivity index (χ1v) is 5.78. The number of nitrogens with zero attached hydrogens (tertiary/aromatic N) is 1. The minimum atomic E-state index is -0.709. The fraction of sp³-hybridized carbons (Fsp3) is 0.462. The predicted molar refractivity (Wildman–Crippen MR) is 63.8 cm³/mol. The third kappa shape index (κ3) is 2.03. The van der Waals surface area contributed by atoms with Crippen LogP contribution in [0.4, 0.5) is 5.69 Å². The van der Waals surface area contributed by atoms with Gasteiger partial charge in [0.15, 0.2) is 0 Å². The summed E-state index contributed by atoms with van der Waals surface area (Å²) in [5, 5.41) is 8.91. The van der Waals surface area contributed by atoms with E-state index in [1.54, 1.807) is 0 Å². The highest BCUT2D eigenvalue weighted by atomic mass is 16.4. The lowest BCUT2D eigenvalue weighted by Gasteiger charge is -2.26. The van der Waals surface area contributed by atoms with E-state index in [0.717, 1.165) is 19.4 Å². The molecular weight excluding hydrogens is 202 g/mol. The second kappa shape index (κ2) is 4.56. The SMILES string of the molecule is CCCN1c2ccccc2CC1CC(=O)O. The van der Waals surface area contributed by atoms with Crippen LogP contribution < -0.4 is 4.90 Å². The van der Waals surface area contributed by atoms with Crippen molar-refractivity contribution in [2.24, 2.45) is 0 Å². The molecule has 1 atom stereocenters. The van der Waals surface area contributed by atoms with E-state index in [4.69, 9.17) is 5.11 Å². The van der Waals surface area contributed by atoms with Gasteiger partial charge in [-0.05, 0) is 24.5 Å². The minimum absolute atomic E-state index is 0.134. The molecular formula is C13H17NO2. The highest BCUT2D eigenvalue weighted by Crippen LogP contribution is 2.33. The third-order valence-corrected chi connectivity index (χ3v) is 3.07. The molecule has 0 aliphatic carbocycles. The highest BCUT2D eigenvalue weighted by Gasteiger charge is 2.29. The van der Waals surface area contributed by atoms with Crippen LogP contribution in [0.3, 0.4) is 0 Å². The fourth-order valence-corrected chi connectivity index (χ4v) is 2.45. The number of hydrogen-bond acceptors (Lipinski definition) is 2. The van der Waals surface area contributed by atoms with Gasteiger partial charge in [-0.3, -0.25) is 4.79 Å². The van der Waals surface area contributed by atoms with E-state index >= 15 is 0 Å². The largest absolute Gasteiger partial charge is 0.481 e. The molecule has 0 fully saturated rings. The van der Waals surface area contributed by atoms with Crippen LogP contribution in [0, 0.1) is 0 Å². The number of carbonyl (C=O) groups is 1. The molecule has 1 unspecified atom stereocenters. The van der Waals surface area contributed by atoms with Crippen molar-refractivity contribution in [2.45, 2.75) is 32.2 Å². The quantitative estimate of drug-likeness (QED) is 0.844. The van der Waals surface area contributed by atoms with E-state index in [1.165, 1.54) is 11.3 Å². The van der Waals surface area contributed by atoms with Crippen molar-refractivity contribution in [3.63, 3.8) is 0 Å². The normalized spacial score (nSPS) is 18.6. The molecule has 86 valence electrons. The number of carboxylic acid groups (broad SMARTS) is 1. The monoisotopic (exact) mass is 219 g/mol. The van der Waals surface area contributed by atoms with Gasteiger partial charge in [0, 0.05) is 18.3 Å². The summed E-state index contributed by atoms with van der Waals surface area (Å²) in [5.41, 5.74) is 2.50. The number of aliphatic carboxylic acids is 1. The molecule has 1 aliphatic rings. The van der Waals surface area contributed by atoms with Crippen LogP contribution in [-0.2, 0) is 11.2 Å². The van der Waals surface area contributed by atoms with Gasteiger partial charge in [0.25, 0.3) is 0 Å². The topological polar surface area (TPSA) is 40.5 Å². The molecule has 2 rings (SSSR count). The molecule has 3 nitrogen and oxygen atoms in total. The molecule has 16 heavy (non-hydrogen) atoms. The Hall–Kier alpha value is -1.51. The summed E-state index contributed by atoms with van der Waals surface area (Å²) in [7, 11) is 0. The van der Waals surface area contributed by atoms with Gasteiger partial charge in [-0.25, -0.2) is 0 Å². The van der Waals surface area contributed by atoms with Gasteiger partial charge in [-0.1, -0.05) is 25.1 Å². The third-order valence-electron chi connectivity index (χ3n) is 3.07. The van der Waals surface area contributed by atoms with E-state index in [1.807, 2.05) is 12.1 Å². The second-order valence-electron chi connectivity index (χ2n) is 4.28. The van der Waals surface area contributed by atoms with Crippen LogP contribution in [0.5, 0.6) is 0 Å². The summed E-state index contributed by atoms with van der Waals surface area (Å²) in [5.74, 6) is -0.709. The van der Waals surface area contributed by atoms with Gasteiger partial charge < -0.3 is 10.0 Å². The Balaban J connectivity index is 2.22. The van der Waals surface area contributed by atoms with E-state index in [-0.39, 0.29) is 12.5 Å². The maximum absolute atomic E-state index is 10.8. The molecule has 1 aromatic rings. The highest BCUT2D eigenvalue weighted by molar-refractivity contribution is 5.70. The number of benzene rings is 1. The molecule has 1 N–H and O–H groups in total. The predicted octanol–water partition coefficient (Wildman–Crippen LogP) is 2.30. The van der Waals surface area contributed by atoms with Crippen LogP contribution in [-0.4, -0.2) is 23.7 Å². The van der Waals surface area contributed by atoms with Crippen molar-refractivity contribution in [3.05, 3.63) is 29.8 Å². The molecule has 1 aliphatic heterocycles. The van der Waals surface area contributed by atoms with Crippen molar-refractivity contribution >= 4 is 11.7 Å². The number of carboxylic acids is 1. The molecule has 3 heteroatoms. The molecule has 0 saturated heterocycles. The summed E-state index contributed by atoms with van der Waals surface area (Å²) in [6, 6.07) is 8.36. The Kier molecular flexibility index (Phi) is 3.13. The lowest BCUT2D eigenvalue weighted by molar-refractivity contribution is -0.137. The summed E-state index contributed by atoms with van der Waals surface area (Å²) in [6.07, 6.45) is 2.14. The van der Waals surface area contributed by atoms with E-state index in [0.29, 0.717) is 0 Å². The maximum Gasteiger partial charge on any atom is 0.305 e. The number of para-hydroxylation sites is 1. The fourth-order valence-electron chi connectivity index (χ4n) is 2.45. The van der Waals surface area contributed by atoms with E-state index in [9.17, 15) is 4.79 Å². The smallest absolute Gasteiger partial charge is 0.305 e. The lowest BCUT2D eigenvalue weighted by atomic mass is 10.1. The van der Waals surface area contributed by atoms with Gasteiger partial charge in [0.1, 0.15) is 0 Å². The summed E-state index contributed by atoms with van der Waals surface area (Å²) in [4.78, 5) is 13.1. The Bertz CT molecular complexity index is 389. The van der Waals surface area contributed by atoms with Crippen LogP contribution >= 0.6 is 0 Å². The lowest BCUT2D eigenvalue weighted by Crippen LogP contribution is -2.34. The first kappa shape index (κ1) is 11.0. The zero-order valence-corrected chi connectivity index (χ0v) is 9.52. The van der Waals surface area contributed by atoms with Gasteiger partial charge in [-0.2, -0.15) is 0 Å². The van der Waals surface area contributed by atoms with Crippen molar-refractivity contribution in [1.82, 2.24) is 0 Å². The average Bonchev–Trinajstić information content (AvgIpc) is 2.57. The van der Waals surface area contributed by atoms with Crippen LogP contribution in [0.15, 0.2) is 24.3 Å². The first-order valence-electron chi connectivity index (χ1n) is 5.78. The van der Waals surface area contributed by atoms with E-state index in [2.05, 4.69) is 24.0 Å². The number of anilines is 1. The van der Waals surface area contributed by atoms with Crippen LogP contribution in [0.25, 0.3) is 0 Å². The molecule has 0 spiro atoms. The molecule has 1 aromatic carbocycles. The van der Waals surface area contributed by atoms with Gasteiger partial charge >= 0.3 is 5.97 Å². The molecule has 0 amide bonds. The van der Waals surface area contributed by atoms with Gasteiger partial charge in [-0.15, -0.1) is 0 Å². The number of hydrogen-bond donors (Lipinski definition) is 1. The zero-order valence-electron chi connectivity index (χ0n) is 9.52. The Morgan fingerprint density at radius 1 is 1.50 bits per heavy atom. The summed E-state index contributed by atoms with van der Waals surface area (Å²) >= 11 is 0. The molecule has 1 heterocycles. The standard InChI is InChI=1S/C13H17NO2/c1-2-7-14-11(9-13(15)16)8-10-5-3-4-6-12(10)14/h3-6,11H,2,7-9H2,1H3,(H,15,16). The average molecular weight is 219 g/mol. The Morgan fingerprint density at radius 2 is 2.25 bits per heavy atom. The summed E-state index contributed by atoms with van der Waals surface area (Å²) < 4.78 is 0. The zero-order chi connectivity index (χ0) is 11.5. The summed E-state index contributed by atoms with van der Waals surface area (Å²) in [6.45, 7) is 3.06. The minimum Gasteiger partial charge on any atom is -0.481 e. The number of fused-ring (bicyclic) bond motifs is 1. The Labute approximate surface area is 95.7 Å². The second-order valence-corrected chi connectivity index (χ2v) is 4.28. The molecule has 0 saturated carbocycles. The van der Waals surface area contributed by atoms with Gasteiger partial charge in [0.2, 0.25) is 0 Å².